The third-order valence-electron chi connectivity index (χ3n) is 6.33. The fourth-order valence-electron chi connectivity index (χ4n) is 4.75. The Morgan fingerprint density at radius 1 is 0.767 bits per heavy atom. The Balaban J connectivity index is 0.000000230. The van der Waals surface area contributed by atoms with Gasteiger partial charge in [0.15, 0.2) is 5.78 Å². The molecule has 0 aliphatic carbocycles. The predicted octanol–water partition coefficient (Wildman–Crippen LogP) is 4.63. The number of hydrogen-bond donors (Lipinski definition) is 1. The largest absolute Gasteiger partial charge is 0.326 e. The highest BCUT2D eigenvalue weighted by molar-refractivity contribution is 5.89. The number of carbonyl (C=O) groups excluding carboxylic acids is 1. The molecule has 2 bridgehead atoms. The van der Waals surface area contributed by atoms with Crippen LogP contribution in [-0.4, -0.2) is 29.8 Å². The molecule has 3 fully saturated rings. The molecule has 3 aromatic carbocycles. The third-order valence-corrected chi connectivity index (χ3v) is 6.33. The van der Waals surface area contributed by atoms with Gasteiger partial charge in [0.05, 0.1) is 6.04 Å². The molecule has 154 valence electrons. The maximum Gasteiger partial charge on any atom is 0.154 e. The number of hydrogen-bond acceptors (Lipinski definition) is 3. The van der Waals surface area contributed by atoms with Gasteiger partial charge in [0.1, 0.15) is 0 Å². The van der Waals surface area contributed by atoms with Gasteiger partial charge in [-0.2, -0.15) is 0 Å². The lowest BCUT2D eigenvalue weighted by Crippen LogP contribution is -2.57. The highest BCUT2D eigenvalue weighted by atomic mass is 16.1. The first kappa shape index (κ1) is 20.5. The van der Waals surface area contributed by atoms with E-state index in [0.717, 1.165) is 25.9 Å². The van der Waals surface area contributed by atoms with Crippen molar-refractivity contribution in [3.8, 4) is 0 Å². The standard InChI is InChI=1S/C20H21NO.C7H9N/c22-20-17-11-13-21(14-12-17)19(20)18(15-7-3-1-4-8-15)16-9-5-2-6-10-16;8-6-7-4-2-1-3-5-7/h1-10,17-19H,11-14H2;1-5H,6,8H2/t19-;/m0./s1. The van der Waals surface area contributed by atoms with Gasteiger partial charge in [-0.05, 0) is 42.6 Å². The van der Waals surface area contributed by atoms with Gasteiger partial charge >= 0.3 is 0 Å². The number of benzene rings is 3. The van der Waals surface area contributed by atoms with Crippen LogP contribution in [0.2, 0.25) is 0 Å². The number of nitrogens with two attached hydrogens (primary N) is 1. The van der Waals surface area contributed by atoms with Crippen molar-refractivity contribution in [2.75, 3.05) is 13.1 Å². The van der Waals surface area contributed by atoms with Crippen LogP contribution in [0.3, 0.4) is 0 Å². The summed E-state index contributed by atoms with van der Waals surface area (Å²) in [4.78, 5) is 15.3. The number of piperidine rings is 3. The average Bonchev–Trinajstić information content (AvgIpc) is 2.84. The predicted molar refractivity (Wildman–Crippen MR) is 122 cm³/mol. The van der Waals surface area contributed by atoms with Crippen molar-refractivity contribution in [3.05, 3.63) is 108 Å². The normalized spacial score (nSPS) is 22.5. The summed E-state index contributed by atoms with van der Waals surface area (Å²) in [5.74, 6) is 0.887. The fourth-order valence-corrected chi connectivity index (χ4v) is 4.75. The van der Waals surface area contributed by atoms with Crippen LogP contribution < -0.4 is 5.73 Å². The zero-order valence-corrected chi connectivity index (χ0v) is 17.4. The molecule has 6 rings (SSSR count). The molecule has 0 unspecified atom stereocenters. The number of rotatable bonds is 4. The van der Waals surface area contributed by atoms with E-state index in [9.17, 15) is 4.79 Å². The molecule has 2 N–H and O–H groups in total. The summed E-state index contributed by atoms with van der Waals surface area (Å²) in [6, 6.07) is 31.0. The summed E-state index contributed by atoms with van der Waals surface area (Å²) in [5.41, 5.74) is 9.04. The van der Waals surface area contributed by atoms with E-state index in [1.54, 1.807) is 0 Å². The minimum absolute atomic E-state index is 0.0114. The van der Waals surface area contributed by atoms with Gasteiger partial charge < -0.3 is 5.73 Å². The van der Waals surface area contributed by atoms with E-state index >= 15 is 0 Å². The van der Waals surface area contributed by atoms with Crippen LogP contribution >= 0.6 is 0 Å². The van der Waals surface area contributed by atoms with E-state index < -0.39 is 0 Å². The summed E-state index contributed by atoms with van der Waals surface area (Å²) in [5, 5.41) is 0. The molecular weight excluding hydrogens is 368 g/mol. The Morgan fingerprint density at radius 3 is 1.63 bits per heavy atom. The summed E-state index contributed by atoms with van der Waals surface area (Å²) in [6.07, 6.45) is 2.09. The minimum Gasteiger partial charge on any atom is -0.326 e. The van der Waals surface area contributed by atoms with Crippen LogP contribution in [0, 0.1) is 5.92 Å². The molecule has 3 nitrogen and oxygen atoms in total. The molecular formula is C27H30N2O. The Morgan fingerprint density at radius 2 is 1.23 bits per heavy atom. The van der Waals surface area contributed by atoms with Crippen LogP contribution in [0.4, 0.5) is 0 Å². The van der Waals surface area contributed by atoms with Crippen LogP contribution in [0.25, 0.3) is 0 Å². The quantitative estimate of drug-likeness (QED) is 0.697. The molecule has 3 aliphatic heterocycles. The molecule has 3 heterocycles. The maximum absolute atomic E-state index is 12.9. The van der Waals surface area contributed by atoms with E-state index in [1.165, 1.54) is 16.7 Å². The summed E-state index contributed by atoms with van der Waals surface area (Å²) in [6.45, 7) is 2.77. The van der Waals surface area contributed by atoms with Crippen LogP contribution in [-0.2, 0) is 11.3 Å². The fraction of sp³-hybridized carbons (Fsp3) is 0.296. The summed E-state index contributed by atoms with van der Waals surface area (Å²) >= 11 is 0. The lowest BCUT2D eigenvalue weighted by atomic mass is 9.73. The van der Waals surface area contributed by atoms with Gasteiger partial charge in [0, 0.05) is 18.4 Å². The SMILES string of the molecule is NCc1ccccc1.O=C1C2CCN(CC2)[C@H]1C(c1ccccc1)c1ccccc1. The smallest absolute Gasteiger partial charge is 0.154 e. The van der Waals surface area contributed by atoms with E-state index in [-0.39, 0.29) is 17.9 Å². The topological polar surface area (TPSA) is 46.3 Å². The highest BCUT2D eigenvalue weighted by Crippen LogP contribution is 2.39. The Kier molecular flexibility index (Phi) is 6.73. The van der Waals surface area contributed by atoms with E-state index in [0.29, 0.717) is 12.3 Å². The molecule has 0 spiro atoms. The van der Waals surface area contributed by atoms with Crippen molar-refractivity contribution in [3.63, 3.8) is 0 Å². The van der Waals surface area contributed by atoms with Gasteiger partial charge in [-0.15, -0.1) is 0 Å². The molecule has 3 aromatic rings. The number of ketones is 1. The number of carbonyl (C=O) groups is 1. The van der Waals surface area contributed by atoms with E-state index in [1.807, 2.05) is 42.5 Å². The number of fused-ring (bicyclic) bond motifs is 3. The van der Waals surface area contributed by atoms with Gasteiger partial charge in [-0.25, -0.2) is 0 Å². The van der Waals surface area contributed by atoms with Crippen LogP contribution in [0.15, 0.2) is 91.0 Å². The van der Waals surface area contributed by atoms with Gasteiger partial charge in [-0.1, -0.05) is 91.0 Å². The summed E-state index contributed by atoms with van der Waals surface area (Å²) < 4.78 is 0. The zero-order chi connectivity index (χ0) is 20.8. The zero-order valence-electron chi connectivity index (χ0n) is 17.4. The molecule has 0 amide bonds. The van der Waals surface area contributed by atoms with Crippen molar-refractivity contribution < 1.29 is 4.79 Å². The minimum atomic E-state index is 0.0114. The first-order valence-electron chi connectivity index (χ1n) is 10.9. The third kappa shape index (κ3) is 4.53. The van der Waals surface area contributed by atoms with Gasteiger partial charge in [-0.3, -0.25) is 9.69 Å². The average molecular weight is 399 g/mol. The van der Waals surface area contributed by atoms with E-state index in [2.05, 4.69) is 53.4 Å². The Hall–Kier alpha value is -2.75. The molecule has 30 heavy (non-hydrogen) atoms. The van der Waals surface area contributed by atoms with Gasteiger partial charge in [0.25, 0.3) is 0 Å². The van der Waals surface area contributed by atoms with Crippen molar-refractivity contribution >= 4 is 5.78 Å². The Bertz CT molecular complexity index is 879. The van der Waals surface area contributed by atoms with Crippen LogP contribution in [0.5, 0.6) is 0 Å². The lowest BCUT2D eigenvalue weighted by molar-refractivity contribution is -0.137. The second kappa shape index (κ2) is 9.84. The first-order valence-corrected chi connectivity index (χ1v) is 10.9. The second-order valence-electron chi connectivity index (χ2n) is 8.15. The highest BCUT2D eigenvalue weighted by Gasteiger charge is 2.45. The molecule has 1 atom stereocenters. The molecule has 0 aromatic heterocycles. The molecule has 3 heteroatoms. The van der Waals surface area contributed by atoms with Crippen molar-refractivity contribution in [2.45, 2.75) is 31.3 Å². The lowest BCUT2D eigenvalue weighted by Gasteiger charge is -2.47. The first-order chi connectivity index (χ1) is 14.8. The maximum atomic E-state index is 12.9. The van der Waals surface area contributed by atoms with Crippen molar-refractivity contribution in [1.82, 2.24) is 4.90 Å². The Labute approximate surface area is 179 Å². The van der Waals surface area contributed by atoms with Crippen molar-refractivity contribution in [1.29, 1.82) is 0 Å². The van der Waals surface area contributed by atoms with E-state index in [4.69, 9.17) is 5.73 Å². The number of Topliss-reactive ketones (excluding diaryl/α,β-unsaturated/α-hetero) is 1. The van der Waals surface area contributed by atoms with Gasteiger partial charge in [0.2, 0.25) is 0 Å². The van der Waals surface area contributed by atoms with Crippen molar-refractivity contribution in [2.24, 2.45) is 11.7 Å². The molecule has 0 saturated carbocycles. The molecule has 0 radical (unpaired) electrons. The summed E-state index contributed by atoms with van der Waals surface area (Å²) in [7, 11) is 0. The molecule has 3 saturated heterocycles. The molecule has 3 aliphatic rings. The monoisotopic (exact) mass is 398 g/mol. The number of nitrogens with zero attached hydrogens (tertiary/aromatic N) is 1. The van der Waals surface area contributed by atoms with Crippen LogP contribution in [0.1, 0.15) is 35.4 Å². The second-order valence-corrected chi connectivity index (χ2v) is 8.15.